The molecular formula is C18H17ClF2N4O2. The Morgan fingerprint density at radius 3 is 2.89 bits per heavy atom. The summed E-state index contributed by atoms with van der Waals surface area (Å²) in [7, 11) is 0. The first-order valence-corrected chi connectivity index (χ1v) is 8.16. The minimum atomic E-state index is -2.75. The lowest BCUT2D eigenvalue weighted by Gasteiger charge is -2.06. The number of benzene rings is 1. The van der Waals surface area contributed by atoms with Crippen LogP contribution in [0.5, 0.6) is 5.75 Å². The first kappa shape index (κ1) is 19.2. The van der Waals surface area contributed by atoms with Gasteiger partial charge in [0.1, 0.15) is 12.4 Å². The van der Waals surface area contributed by atoms with Gasteiger partial charge in [-0.15, -0.1) is 12.4 Å². The maximum Gasteiger partial charge on any atom is 0.262 e. The van der Waals surface area contributed by atoms with E-state index in [1.807, 2.05) is 30.3 Å². The van der Waals surface area contributed by atoms with E-state index in [4.69, 9.17) is 9.26 Å². The normalized spacial score (nSPS) is 18.1. The Morgan fingerprint density at radius 1 is 1.26 bits per heavy atom. The lowest BCUT2D eigenvalue weighted by Crippen LogP contribution is -2.19. The Balaban J connectivity index is 0.00000210. The summed E-state index contributed by atoms with van der Waals surface area (Å²) < 4.78 is 37.5. The fourth-order valence-electron chi connectivity index (χ4n) is 2.76. The number of nitrogens with one attached hydrogen (secondary N) is 1. The van der Waals surface area contributed by atoms with Crippen LogP contribution in [0.1, 0.15) is 23.9 Å². The third-order valence-electron chi connectivity index (χ3n) is 4.07. The maximum atomic E-state index is 13.3. The third-order valence-corrected chi connectivity index (χ3v) is 4.07. The van der Waals surface area contributed by atoms with Crippen molar-refractivity contribution in [1.82, 2.24) is 20.4 Å². The van der Waals surface area contributed by atoms with Gasteiger partial charge in [0.05, 0.1) is 12.6 Å². The summed E-state index contributed by atoms with van der Waals surface area (Å²) in [5.41, 5.74) is 1.64. The van der Waals surface area contributed by atoms with Crippen molar-refractivity contribution in [3.63, 3.8) is 0 Å². The van der Waals surface area contributed by atoms with Crippen LogP contribution in [-0.2, 0) is 6.61 Å². The van der Waals surface area contributed by atoms with Gasteiger partial charge in [0.2, 0.25) is 11.7 Å². The van der Waals surface area contributed by atoms with E-state index in [1.54, 1.807) is 18.5 Å². The first-order valence-electron chi connectivity index (χ1n) is 8.16. The summed E-state index contributed by atoms with van der Waals surface area (Å²) in [5.74, 6) is -1.61. The second kappa shape index (κ2) is 7.98. The fourth-order valence-corrected chi connectivity index (χ4v) is 2.76. The van der Waals surface area contributed by atoms with E-state index in [1.165, 1.54) is 0 Å². The van der Waals surface area contributed by atoms with Crippen molar-refractivity contribution in [2.24, 2.45) is 0 Å². The highest BCUT2D eigenvalue weighted by atomic mass is 35.5. The summed E-state index contributed by atoms with van der Waals surface area (Å²) >= 11 is 0. The average Bonchev–Trinajstić information content (AvgIpc) is 3.28. The number of alkyl halides is 2. The lowest BCUT2D eigenvalue weighted by molar-refractivity contribution is 0.0200. The summed E-state index contributed by atoms with van der Waals surface area (Å²) in [5, 5.41) is 6.60. The fraction of sp³-hybridized carbons (Fsp3) is 0.278. The highest BCUT2D eigenvalue weighted by Crippen LogP contribution is 2.34. The number of ether oxygens (including phenoxy) is 1. The summed E-state index contributed by atoms with van der Waals surface area (Å²) in [6, 6.07) is 10.4. The molecule has 1 unspecified atom stereocenters. The molecule has 1 saturated heterocycles. The van der Waals surface area contributed by atoms with Gasteiger partial charge in [-0.3, -0.25) is 10.3 Å². The topological polar surface area (TPSA) is 73.1 Å². The van der Waals surface area contributed by atoms with Crippen LogP contribution in [0, 0.1) is 0 Å². The highest BCUT2D eigenvalue weighted by Gasteiger charge is 2.42. The minimum Gasteiger partial charge on any atom is -0.489 e. The third kappa shape index (κ3) is 4.58. The zero-order valence-electron chi connectivity index (χ0n) is 14.1. The molecule has 4 rings (SSSR count). The van der Waals surface area contributed by atoms with Crippen LogP contribution < -0.4 is 10.1 Å². The molecule has 2 aromatic heterocycles. The Labute approximate surface area is 160 Å². The van der Waals surface area contributed by atoms with Gasteiger partial charge in [-0.1, -0.05) is 23.4 Å². The van der Waals surface area contributed by atoms with Crippen LogP contribution in [-0.4, -0.2) is 27.6 Å². The molecule has 1 aromatic carbocycles. The number of pyridine rings is 1. The van der Waals surface area contributed by atoms with E-state index in [9.17, 15) is 8.78 Å². The number of aromatic nitrogens is 3. The predicted molar refractivity (Wildman–Crippen MR) is 95.9 cm³/mol. The van der Waals surface area contributed by atoms with Gasteiger partial charge in [0, 0.05) is 29.9 Å². The molecule has 1 fully saturated rings. The molecule has 27 heavy (non-hydrogen) atoms. The zero-order chi connectivity index (χ0) is 18.0. The number of hydrogen-bond acceptors (Lipinski definition) is 6. The Morgan fingerprint density at radius 2 is 2.15 bits per heavy atom. The minimum absolute atomic E-state index is 0. The van der Waals surface area contributed by atoms with E-state index >= 15 is 0 Å². The van der Waals surface area contributed by atoms with Crippen molar-refractivity contribution in [2.75, 3.05) is 6.54 Å². The van der Waals surface area contributed by atoms with Gasteiger partial charge in [0.15, 0.2) is 0 Å². The molecule has 1 aliphatic heterocycles. The second-order valence-electron chi connectivity index (χ2n) is 6.13. The van der Waals surface area contributed by atoms with E-state index in [-0.39, 0.29) is 31.3 Å². The molecule has 1 atom stereocenters. The molecule has 3 aromatic rings. The van der Waals surface area contributed by atoms with Gasteiger partial charge in [-0.2, -0.15) is 4.98 Å². The molecule has 1 aliphatic rings. The molecule has 9 heteroatoms. The van der Waals surface area contributed by atoms with Gasteiger partial charge in [-0.05, 0) is 18.2 Å². The molecule has 0 saturated carbocycles. The molecule has 0 bridgehead atoms. The predicted octanol–water partition coefficient (Wildman–Crippen LogP) is 3.80. The van der Waals surface area contributed by atoms with E-state index < -0.39 is 12.0 Å². The van der Waals surface area contributed by atoms with Gasteiger partial charge >= 0.3 is 0 Å². The standard InChI is InChI=1S/C18H16F2N4O2.ClH/c19-18(20)8-15(22-11-18)17-23-16(24-26-17)13-4-1-5-14(7-13)25-10-12-3-2-6-21-9-12;/h1-7,9,15,22H,8,10-11H2;1H. The van der Waals surface area contributed by atoms with E-state index in [0.717, 1.165) is 5.56 Å². The van der Waals surface area contributed by atoms with Gasteiger partial charge < -0.3 is 9.26 Å². The van der Waals surface area contributed by atoms with Crippen LogP contribution >= 0.6 is 12.4 Å². The molecule has 3 heterocycles. The average molecular weight is 395 g/mol. The quantitative estimate of drug-likeness (QED) is 0.709. The molecule has 6 nitrogen and oxygen atoms in total. The molecule has 0 spiro atoms. The SMILES string of the molecule is Cl.FC1(F)CNC(c2nc(-c3cccc(OCc4cccnc4)c3)no2)C1. The van der Waals surface area contributed by atoms with Crippen LogP contribution in [0.15, 0.2) is 53.3 Å². The number of rotatable bonds is 5. The first-order chi connectivity index (χ1) is 12.6. The molecular weight excluding hydrogens is 378 g/mol. The largest absolute Gasteiger partial charge is 0.489 e. The second-order valence-corrected chi connectivity index (χ2v) is 6.13. The van der Waals surface area contributed by atoms with Gasteiger partial charge in [-0.25, -0.2) is 8.78 Å². The zero-order valence-corrected chi connectivity index (χ0v) is 15.0. The molecule has 0 aliphatic carbocycles. The Bertz CT molecular complexity index is 892. The molecule has 0 amide bonds. The van der Waals surface area contributed by atoms with Crippen molar-refractivity contribution >= 4 is 12.4 Å². The lowest BCUT2D eigenvalue weighted by atomic mass is 10.2. The molecule has 142 valence electrons. The van der Waals surface area contributed by atoms with Crippen LogP contribution in [0.4, 0.5) is 8.78 Å². The Kier molecular flexibility index (Phi) is 5.67. The van der Waals surface area contributed by atoms with Crippen molar-refractivity contribution in [2.45, 2.75) is 25.0 Å². The van der Waals surface area contributed by atoms with E-state index in [0.29, 0.717) is 23.7 Å². The number of hydrogen-bond donors (Lipinski definition) is 1. The molecule has 1 N–H and O–H groups in total. The summed E-state index contributed by atoms with van der Waals surface area (Å²) in [6.07, 6.45) is 3.09. The number of halogens is 3. The van der Waals surface area contributed by atoms with Crippen LogP contribution in [0.2, 0.25) is 0 Å². The van der Waals surface area contributed by atoms with Crippen molar-refractivity contribution in [3.05, 3.63) is 60.2 Å². The highest BCUT2D eigenvalue weighted by molar-refractivity contribution is 5.85. The maximum absolute atomic E-state index is 13.3. The Hall–Kier alpha value is -2.58. The summed E-state index contributed by atoms with van der Waals surface area (Å²) in [4.78, 5) is 8.29. The monoisotopic (exact) mass is 394 g/mol. The number of nitrogens with zero attached hydrogens (tertiary/aromatic N) is 3. The van der Waals surface area contributed by atoms with Crippen LogP contribution in [0.25, 0.3) is 11.4 Å². The van der Waals surface area contributed by atoms with Crippen LogP contribution in [0.3, 0.4) is 0 Å². The summed E-state index contributed by atoms with van der Waals surface area (Å²) in [6.45, 7) is 0.00289. The smallest absolute Gasteiger partial charge is 0.262 e. The van der Waals surface area contributed by atoms with Crippen molar-refractivity contribution in [3.8, 4) is 17.1 Å². The van der Waals surface area contributed by atoms with Gasteiger partial charge in [0.25, 0.3) is 5.92 Å². The van der Waals surface area contributed by atoms with Crippen molar-refractivity contribution < 1.29 is 18.0 Å². The molecule has 0 radical (unpaired) electrons. The van der Waals surface area contributed by atoms with Crippen molar-refractivity contribution in [1.29, 1.82) is 0 Å². The van der Waals surface area contributed by atoms with E-state index in [2.05, 4.69) is 20.4 Å².